The molecule has 20 heavy (non-hydrogen) atoms. The summed E-state index contributed by atoms with van der Waals surface area (Å²) in [5.41, 5.74) is -0.876. The number of benzene rings is 1. The van der Waals surface area contributed by atoms with Gasteiger partial charge in [0.05, 0.1) is 0 Å². The second-order valence-electron chi connectivity index (χ2n) is 3.99. The van der Waals surface area contributed by atoms with Gasteiger partial charge in [-0.3, -0.25) is 4.79 Å². The average molecular weight is 302 g/mol. The van der Waals surface area contributed by atoms with Gasteiger partial charge in [0.25, 0.3) is 0 Å². The quantitative estimate of drug-likeness (QED) is 0.600. The molecule has 0 aliphatic heterocycles. The maximum atomic E-state index is 13.3. The van der Waals surface area contributed by atoms with Crippen LogP contribution in [0.5, 0.6) is 0 Å². The Labute approximate surface area is 109 Å². The predicted octanol–water partition coefficient (Wildman–Crippen LogP) is 4.26. The molecule has 0 aromatic heterocycles. The van der Waals surface area contributed by atoms with Crippen LogP contribution in [0.25, 0.3) is 0 Å². The van der Waals surface area contributed by atoms with E-state index in [1.165, 1.54) is 19.1 Å². The Hall–Kier alpha value is -1.60. The molecule has 0 bridgehead atoms. The number of alkyl halides is 7. The molecule has 1 aromatic rings. The molecule has 0 saturated heterocycles. The first-order valence-electron chi connectivity index (χ1n) is 5.42. The first-order valence-corrected chi connectivity index (χ1v) is 5.42. The van der Waals surface area contributed by atoms with Crippen molar-refractivity contribution in [1.82, 2.24) is 0 Å². The van der Waals surface area contributed by atoms with E-state index < -0.39 is 29.4 Å². The third-order valence-corrected chi connectivity index (χ3v) is 2.68. The third kappa shape index (κ3) is 2.51. The van der Waals surface area contributed by atoms with Gasteiger partial charge in [-0.2, -0.15) is 30.7 Å². The fourth-order valence-corrected chi connectivity index (χ4v) is 1.54. The number of ketones is 1. The molecule has 1 rings (SSSR count). The van der Waals surface area contributed by atoms with Gasteiger partial charge >= 0.3 is 18.0 Å². The number of aryl methyl sites for hydroxylation is 1. The zero-order valence-electron chi connectivity index (χ0n) is 10.1. The maximum absolute atomic E-state index is 13.3. The van der Waals surface area contributed by atoms with Crippen molar-refractivity contribution in [3.8, 4) is 0 Å². The van der Waals surface area contributed by atoms with Crippen LogP contribution in [0.4, 0.5) is 30.7 Å². The lowest BCUT2D eigenvalue weighted by molar-refractivity contribution is -0.339. The van der Waals surface area contributed by atoms with Crippen molar-refractivity contribution < 1.29 is 35.5 Å². The number of carbonyl (C=O) groups excluding carboxylic acids is 1. The zero-order valence-corrected chi connectivity index (χ0v) is 10.1. The van der Waals surface area contributed by atoms with Crippen LogP contribution >= 0.6 is 0 Å². The zero-order chi connectivity index (χ0) is 15.8. The van der Waals surface area contributed by atoms with Crippen molar-refractivity contribution in [2.45, 2.75) is 31.4 Å². The van der Waals surface area contributed by atoms with Crippen molar-refractivity contribution in [3.63, 3.8) is 0 Å². The molecule has 0 fully saturated rings. The van der Waals surface area contributed by atoms with E-state index in [0.717, 1.165) is 12.1 Å². The molecule has 0 aliphatic carbocycles. The molecule has 1 aromatic carbocycles. The van der Waals surface area contributed by atoms with Gasteiger partial charge in [-0.1, -0.05) is 31.2 Å². The number of hydrogen-bond donors (Lipinski definition) is 0. The minimum Gasteiger partial charge on any atom is -0.287 e. The first-order chi connectivity index (χ1) is 8.96. The number of Topliss-reactive ketones (excluding diaryl/α,β-unsaturated/α-hetero) is 1. The monoisotopic (exact) mass is 302 g/mol. The van der Waals surface area contributed by atoms with E-state index >= 15 is 0 Å². The van der Waals surface area contributed by atoms with Crippen LogP contribution in [0.1, 0.15) is 22.8 Å². The second kappa shape index (κ2) is 5.06. The molecule has 0 aliphatic rings. The smallest absolute Gasteiger partial charge is 0.287 e. The largest absolute Gasteiger partial charge is 0.460 e. The van der Waals surface area contributed by atoms with Crippen molar-refractivity contribution in [2.75, 3.05) is 0 Å². The van der Waals surface area contributed by atoms with Crippen LogP contribution in [0.15, 0.2) is 24.3 Å². The highest BCUT2D eigenvalue weighted by Crippen LogP contribution is 2.47. The van der Waals surface area contributed by atoms with Crippen molar-refractivity contribution >= 4 is 5.78 Å². The van der Waals surface area contributed by atoms with Gasteiger partial charge in [-0.15, -0.1) is 0 Å². The van der Waals surface area contributed by atoms with Crippen molar-refractivity contribution in [2.24, 2.45) is 0 Å². The summed E-state index contributed by atoms with van der Waals surface area (Å²) in [7, 11) is 0. The van der Waals surface area contributed by atoms with Crippen LogP contribution in [0.3, 0.4) is 0 Å². The molecule has 112 valence electrons. The molecule has 0 amide bonds. The van der Waals surface area contributed by atoms with Crippen LogP contribution < -0.4 is 0 Å². The van der Waals surface area contributed by atoms with Crippen LogP contribution in [0.2, 0.25) is 0 Å². The first kappa shape index (κ1) is 16.5. The highest BCUT2D eigenvalue weighted by Gasteiger charge is 2.76. The Morgan fingerprint density at radius 2 is 1.50 bits per heavy atom. The molecule has 1 nitrogen and oxygen atoms in total. The van der Waals surface area contributed by atoms with E-state index in [1.54, 1.807) is 0 Å². The molecule has 0 N–H and O–H groups in total. The van der Waals surface area contributed by atoms with Gasteiger partial charge in [0.15, 0.2) is 0 Å². The van der Waals surface area contributed by atoms with Crippen molar-refractivity contribution in [3.05, 3.63) is 35.4 Å². The fraction of sp³-hybridized carbons (Fsp3) is 0.417. The van der Waals surface area contributed by atoms with Crippen LogP contribution in [-0.4, -0.2) is 23.8 Å². The lowest BCUT2D eigenvalue weighted by Crippen LogP contribution is -2.56. The Morgan fingerprint density at radius 1 is 1.00 bits per heavy atom. The SMILES string of the molecule is CCc1ccccc1C(=O)C(F)(F)C(F)(F)C(F)(F)F. The third-order valence-electron chi connectivity index (χ3n) is 2.68. The highest BCUT2D eigenvalue weighted by molar-refractivity contribution is 6.03. The molecular weight excluding hydrogens is 293 g/mol. The predicted molar refractivity (Wildman–Crippen MR) is 56.1 cm³/mol. The lowest BCUT2D eigenvalue weighted by Gasteiger charge is -2.27. The lowest BCUT2D eigenvalue weighted by atomic mass is 9.95. The van der Waals surface area contributed by atoms with E-state index in [9.17, 15) is 35.5 Å². The molecule has 0 unspecified atom stereocenters. The molecule has 0 radical (unpaired) electrons. The minimum atomic E-state index is -6.52. The Morgan fingerprint density at radius 3 is 1.95 bits per heavy atom. The summed E-state index contributed by atoms with van der Waals surface area (Å²) in [5.74, 6) is -14.8. The maximum Gasteiger partial charge on any atom is 0.460 e. The van der Waals surface area contributed by atoms with Gasteiger partial charge in [0.1, 0.15) is 0 Å². The summed E-state index contributed by atoms with van der Waals surface area (Å²) >= 11 is 0. The van der Waals surface area contributed by atoms with Gasteiger partial charge in [0.2, 0.25) is 5.78 Å². The molecule has 0 atom stereocenters. The van der Waals surface area contributed by atoms with Crippen molar-refractivity contribution in [1.29, 1.82) is 0 Å². The number of hydrogen-bond acceptors (Lipinski definition) is 1. The summed E-state index contributed by atoms with van der Waals surface area (Å²) in [6.45, 7) is 1.45. The van der Waals surface area contributed by atoms with Gasteiger partial charge in [-0.25, -0.2) is 0 Å². The highest BCUT2D eigenvalue weighted by atomic mass is 19.4. The number of halogens is 7. The number of carbonyl (C=O) groups is 1. The summed E-state index contributed by atoms with van der Waals surface area (Å²) in [5, 5.41) is 0. The summed E-state index contributed by atoms with van der Waals surface area (Å²) < 4.78 is 88.1. The topological polar surface area (TPSA) is 17.1 Å². The van der Waals surface area contributed by atoms with Gasteiger partial charge in [0, 0.05) is 5.56 Å². The Balaban J connectivity index is 3.32. The Bertz CT molecular complexity index is 505. The molecule has 0 saturated carbocycles. The fourth-order valence-electron chi connectivity index (χ4n) is 1.54. The van der Waals surface area contributed by atoms with Gasteiger partial charge in [-0.05, 0) is 12.0 Å². The van der Waals surface area contributed by atoms with E-state index in [0.29, 0.717) is 0 Å². The average Bonchev–Trinajstić information content (AvgIpc) is 2.36. The van der Waals surface area contributed by atoms with E-state index in [1.807, 2.05) is 0 Å². The normalized spacial score (nSPS) is 13.4. The van der Waals surface area contributed by atoms with Gasteiger partial charge < -0.3 is 0 Å². The Kier molecular flexibility index (Phi) is 4.17. The summed E-state index contributed by atoms with van der Waals surface area (Å²) in [4.78, 5) is 11.4. The van der Waals surface area contributed by atoms with E-state index in [4.69, 9.17) is 0 Å². The van der Waals surface area contributed by atoms with E-state index in [2.05, 4.69) is 0 Å². The van der Waals surface area contributed by atoms with Crippen LogP contribution in [0, 0.1) is 0 Å². The summed E-state index contributed by atoms with van der Waals surface area (Å²) in [6.07, 6.45) is -6.48. The summed E-state index contributed by atoms with van der Waals surface area (Å²) in [6, 6.07) is 4.46. The van der Waals surface area contributed by atoms with Crippen LogP contribution in [-0.2, 0) is 6.42 Å². The number of rotatable bonds is 4. The molecule has 0 spiro atoms. The minimum absolute atomic E-state index is 0.0323. The van der Waals surface area contributed by atoms with E-state index in [-0.39, 0.29) is 12.0 Å². The standard InChI is InChI=1S/C12H9F7O/c1-2-7-5-3-4-6-8(7)9(20)10(13,14)11(15,16)12(17,18)19/h3-6H,2H2,1H3. The molecule has 8 heteroatoms. The second-order valence-corrected chi connectivity index (χ2v) is 3.99. The molecular formula is C12H9F7O. The molecule has 0 heterocycles.